The third kappa shape index (κ3) is 4.62. The maximum atomic E-state index is 13.4. The van der Waals surface area contributed by atoms with Crippen molar-refractivity contribution in [2.24, 2.45) is 0 Å². The molecule has 8 nitrogen and oxygen atoms in total. The van der Waals surface area contributed by atoms with E-state index in [2.05, 4.69) is 16.8 Å². The predicted molar refractivity (Wildman–Crippen MR) is 150 cm³/mol. The van der Waals surface area contributed by atoms with Crippen molar-refractivity contribution in [1.29, 1.82) is 0 Å². The largest absolute Gasteiger partial charge is 0.507 e. The van der Waals surface area contributed by atoms with E-state index in [0.29, 0.717) is 11.4 Å². The van der Waals surface area contributed by atoms with E-state index in [9.17, 15) is 14.7 Å². The zero-order chi connectivity index (χ0) is 27.0. The Hall–Kier alpha value is -3.53. The second kappa shape index (κ2) is 10.7. The van der Waals surface area contributed by atoms with Crippen LogP contribution in [0.15, 0.2) is 59.5 Å². The fourth-order valence-electron chi connectivity index (χ4n) is 4.89. The van der Waals surface area contributed by atoms with Crippen LogP contribution in [0.25, 0.3) is 5.76 Å². The van der Waals surface area contributed by atoms with Crippen molar-refractivity contribution in [1.82, 2.24) is 4.90 Å². The topological polar surface area (TPSA) is 82.5 Å². The Morgan fingerprint density at radius 1 is 0.974 bits per heavy atom. The molecule has 198 valence electrons. The highest BCUT2D eigenvalue weighted by molar-refractivity contribution is 7.10. The first-order valence-corrected chi connectivity index (χ1v) is 13.4. The first-order valence-electron chi connectivity index (χ1n) is 12.1. The Labute approximate surface area is 230 Å². The second-order valence-corrected chi connectivity index (χ2v) is 10.6. The number of aliphatic hydroxyl groups is 1. The number of nitrogens with zero attached hydrogens (tertiary/aromatic N) is 3. The number of Topliss-reactive ketones (excluding diaryl/α,β-unsaturated/α-hetero) is 1. The van der Waals surface area contributed by atoms with Crippen LogP contribution in [0.1, 0.15) is 16.5 Å². The van der Waals surface area contributed by atoms with Crippen LogP contribution < -0.4 is 19.3 Å². The van der Waals surface area contributed by atoms with E-state index in [1.807, 2.05) is 41.8 Å². The van der Waals surface area contributed by atoms with Gasteiger partial charge in [-0.25, -0.2) is 0 Å². The molecule has 2 aromatic carbocycles. The average Bonchev–Trinajstić information content (AvgIpc) is 3.55. The number of benzene rings is 2. The molecule has 1 N–H and O–H groups in total. The molecule has 0 spiro atoms. The number of carbonyl (C=O) groups excluding carboxylic acids is 2. The Bertz CT molecular complexity index is 1380. The van der Waals surface area contributed by atoms with Crippen molar-refractivity contribution < 1.29 is 24.2 Å². The van der Waals surface area contributed by atoms with Crippen LogP contribution in [0, 0.1) is 0 Å². The molecule has 38 heavy (non-hydrogen) atoms. The number of ether oxygens (including phenoxy) is 2. The van der Waals surface area contributed by atoms with Gasteiger partial charge < -0.3 is 24.4 Å². The minimum absolute atomic E-state index is 0.0277. The number of methoxy groups -OCH3 is 2. The van der Waals surface area contributed by atoms with E-state index in [1.54, 1.807) is 0 Å². The lowest BCUT2D eigenvalue weighted by Crippen LogP contribution is -2.44. The molecule has 0 aliphatic carbocycles. The average molecular weight is 554 g/mol. The third-order valence-corrected chi connectivity index (χ3v) is 8.20. The number of hydrogen-bond donors (Lipinski definition) is 1. The second-order valence-electron chi connectivity index (χ2n) is 9.18. The lowest BCUT2D eigenvalue weighted by atomic mass is 9.99. The number of thiophene rings is 1. The van der Waals surface area contributed by atoms with E-state index in [4.69, 9.17) is 21.1 Å². The Morgan fingerprint density at radius 3 is 2.24 bits per heavy atom. The number of carbonyl (C=O) groups is 2. The Morgan fingerprint density at radius 2 is 1.63 bits per heavy atom. The number of amides is 1. The first kappa shape index (κ1) is 26.1. The molecule has 5 rings (SSSR count). The fraction of sp³-hybridized carbons (Fsp3) is 0.286. The van der Waals surface area contributed by atoms with Crippen molar-refractivity contribution in [2.45, 2.75) is 6.04 Å². The Balaban J connectivity index is 1.59. The molecule has 1 amide bonds. The van der Waals surface area contributed by atoms with Gasteiger partial charge in [0.1, 0.15) is 23.3 Å². The standard InChI is InChI=1S/C28H28ClN3O5S/c1-30-10-12-31(13-11-30)17-6-8-18(9-7-17)32-25(23-5-4-14-38-23)24(27(34)28(32)35)26(33)19-15-20(29)22(37-3)16-21(19)36-2/h4-9,14-16,25,33H,10-13H2,1-3H3/b26-24-. The summed E-state index contributed by atoms with van der Waals surface area (Å²) in [4.78, 5) is 33.7. The summed E-state index contributed by atoms with van der Waals surface area (Å²) in [6, 6.07) is 13.5. The normalized spacial score (nSPS) is 19.7. The lowest BCUT2D eigenvalue weighted by molar-refractivity contribution is -0.132. The highest BCUT2D eigenvalue weighted by Crippen LogP contribution is 2.46. The predicted octanol–water partition coefficient (Wildman–Crippen LogP) is 4.80. The summed E-state index contributed by atoms with van der Waals surface area (Å²) >= 11 is 7.74. The zero-order valence-electron chi connectivity index (χ0n) is 21.3. The molecule has 2 aliphatic heterocycles. The molecular formula is C28H28ClN3O5S. The summed E-state index contributed by atoms with van der Waals surface area (Å²) in [5.74, 6) is -1.24. The van der Waals surface area contributed by atoms with E-state index >= 15 is 0 Å². The van der Waals surface area contributed by atoms with Gasteiger partial charge in [-0.15, -0.1) is 11.3 Å². The van der Waals surface area contributed by atoms with Gasteiger partial charge in [0.25, 0.3) is 11.7 Å². The molecule has 2 aliphatic rings. The number of anilines is 2. The van der Waals surface area contributed by atoms with Gasteiger partial charge in [0.15, 0.2) is 0 Å². The number of hydrogen-bond acceptors (Lipinski definition) is 8. The van der Waals surface area contributed by atoms with Crippen LogP contribution in [0.3, 0.4) is 0 Å². The van der Waals surface area contributed by atoms with Crippen LogP contribution >= 0.6 is 22.9 Å². The number of aliphatic hydroxyl groups excluding tert-OH is 1. The van der Waals surface area contributed by atoms with Gasteiger partial charge in [0, 0.05) is 48.5 Å². The van der Waals surface area contributed by atoms with Crippen molar-refractivity contribution in [3.05, 3.63) is 74.9 Å². The van der Waals surface area contributed by atoms with Crippen LogP contribution in [0.2, 0.25) is 5.02 Å². The van der Waals surface area contributed by atoms with Gasteiger partial charge in [-0.05, 0) is 48.8 Å². The number of ketones is 1. The van der Waals surface area contributed by atoms with Gasteiger partial charge in [0.2, 0.25) is 0 Å². The maximum Gasteiger partial charge on any atom is 0.300 e. The molecular weight excluding hydrogens is 526 g/mol. The van der Waals surface area contributed by atoms with Crippen molar-refractivity contribution >= 4 is 51.8 Å². The van der Waals surface area contributed by atoms with E-state index in [0.717, 1.165) is 36.7 Å². The maximum absolute atomic E-state index is 13.4. The zero-order valence-corrected chi connectivity index (χ0v) is 22.9. The minimum atomic E-state index is -0.810. The smallest absolute Gasteiger partial charge is 0.300 e. The highest BCUT2D eigenvalue weighted by Gasteiger charge is 2.47. The van der Waals surface area contributed by atoms with Crippen LogP contribution in [0.5, 0.6) is 11.5 Å². The summed E-state index contributed by atoms with van der Waals surface area (Å²) in [5.41, 5.74) is 1.80. The summed E-state index contributed by atoms with van der Waals surface area (Å²) in [6.45, 7) is 3.80. The quantitative estimate of drug-likeness (QED) is 0.267. The van der Waals surface area contributed by atoms with Gasteiger partial charge in [-0.1, -0.05) is 17.7 Å². The van der Waals surface area contributed by atoms with Crippen LogP contribution in [0.4, 0.5) is 11.4 Å². The molecule has 2 fully saturated rings. The van der Waals surface area contributed by atoms with Crippen molar-refractivity contribution in [3.8, 4) is 11.5 Å². The lowest BCUT2D eigenvalue weighted by Gasteiger charge is -2.34. The molecule has 0 radical (unpaired) electrons. The van der Waals surface area contributed by atoms with E-state index in [-0.39, 0.29) is 27.7 Å². The van der Waals surface area contributed by atoms with Crippen LogP contribution in [-0.4, -0.2) is 69.1 Å². The molecule has 2 saturated heterocycles. The van der Waals surface area contributed by atoms with Gasteiger partial charge in [0.05, 0.1) is 30.4 Å². The molecule has 1 unspecified atom stereocenters. The highest BCUT2D eigenvalue weighted by atomic mass is 35.5. The monoisotopic (exact) mass is 553 g/mol. The first-order chi connectivity index (χ1) is 18.3. The number of likely N-dealkylation sites (N-methyl/N-ethyl adjacent to an activating group) is 1. The molecule has 0 saturated carbocycles. The van der Waals surface area contributed by atoms with Gasteiger partial charge in [-0.2, -0.15) is 0 Å². The molecule has 10 heteroatoms. The number of rotatable bonds is 6. The van der Waals surface area contributed by atoms with Crippen molar-refractivity contribution in [3.63, 3.8) is 0 Å². The van der Waals surface area contributed by atoms with Gasteiger partial charge in [-0.3, -0.25) is 14.5 Å². The molecule has 3 heterocycles. The molecule has 1 atom stereocenters. The molecule has 0 bridgehead atoms. The third-order valence-electron chi connectivity index (χ3n) is 6.98. The molecule has 3 aromatic rings. The van der Waals surface area contributed by atoms with E-state index in [1.165, 1.54) is 42.6 Å². The fourth-order valence-corrected chi connectivity index (χ4v) is 5.96. The van der Waals surface area contributed by atoms with Crippen LogP contribution in [-0.2, 0) is 9.59 Å². The minimum Gasteiger partial charge on any atom is -0.507 e. The number of piperazine rings is 1. The number of halogens is 1. The summed E-state index contributed by atoms with van der Waals surface area (Å²) < 4.78 is 10.7. The summed E-state index contributed by atoms with van der Waals surface area (Å²) in [7, 11) is 5.02. The summed E-state index contributed by atoms with van der Waals surface area (Å²) in [6.07, 6.45) is 0. The Kier molecular flexibility index (Phi) is 7.34. The van der Waals surface area contributed by atoms with Gasteiger partial charge >= 0.3 is 0 Å². The summed E-state index contributed by atoms with van der Waals surface area (Å²) in [5, 5.41) is 13.6. The SMILES string of the molecule is COc1cc(OC)c(/C(O)=C2/C(=O)C(=O)N(c3ccc(N4CCN(C)CC4)cc3)C2c2cccs2)cc1Cl. The molecule has 1 aromatic heterocycles. The van der Waals surface area contributed by atoms with E-state index < -0.39 is 17.7 Å². The van der Waals surface area contributed by atoms with Crippen molar-refractivity contribution in [2.75, 3.05) is 57.2 Å².